The van der Waals surface area contributed by atoms with Gasteiger partial charge in [0, 0.05) is 37.5 Å². The lowest BCUT2D eigenvalue weighted by atomic mass is 10.1. The number of ether oxygens (including phenoxy) is 1. The van der Waals surface area contributed by atoms with E-state index >= 15 is 0 Å². The summed E-state index contributed by atoms with van der Waals surface area (Å²) in [6.45, 7) is 8.84. The summed E-state index contributed by atoms with van der Waals surface area (Å²) >= 11 is 0. The van der Waals surface area contributed by atoms with E-state index in [9.17, 15) is 0 Å². The summed E-state index contributed by atoms with van der Waals surface area (Å²) in [7, 11) is 1.91. The quantitative estimate of drug-likeness (QED) is 0.381. The predicted octanol–water partition coefficient (Wildman–Crippen LogP) is 3.00. The van der Waals surface area contributed by atoms with E-state index in [1.807, 2.05) is 26.4 Å². The van der Waals surface area contributed by atoms with Crippen LogP contribution in [0.5, 0.6) is 5.75 Å². The fourth-order valence-corrected chi connectivity index (χ4v) is 2.34. The van der Waals surface area contributed by atoms with Crippen molar-refractivity contribution in [2.45, 2.75) is 33.9 Å². The lowest BCUT2D eigenvalue weighted by molar-refractivity contribution is 0.336. The number of aryl methyl sites for hydroxylation is 2. The minimum absolute atomic E-state index is 0. The molecule has 0 aliphatic carbocycles. The lowest BCUT2D eigenvalue weighted by Crippen LogP contribution is -2.36. The van der Waals surface area contributed by atoms with E-state index in [1.165, 1.54) is 5.56 Å². The minimum Gasteiger partial charge on any atom is -0.494 e. The topological polar surface area (TPSA) is 63.5 Å². The Hall–Kier alpha value is -1.77. The summed E-state index contributed by atoms with van der Waals surface area (Å²) in [6, 6.07) is 6.26. The number of nitrogens with zero attached hydrogens (tertiary/aromatic N) is 3. The number of aromatic nitrogens is 2. The van der Waals surface area contributed by atoms with Crippen LogP contribution in [0, 0.1) is 6.92 Å². The van der Waals surface area contributed by atoms with Gasteiger partial charge in [0.15, 0.2) is 5.96 Å². The molecule has 0 aliphatic rings. The molecule has 25 heavy (non-hydrogen) atoms. The highest BCUT2D eigenvalue weighted by molar-refractivity contribution is 14.0. The Bertz CT molecular complexity index is 684. The van der Waals surface area contributed by atoms with Crippen molar-refractivity contribution in [2.75, 3.05) is 13.2 Å². The van der Waals surface area contributed by atoms with Gasteiger partial charge in [0.05, 0.1) is 19.3 Å². The van der Waals surface area contributed by atoms with Crippen LogP contribution in [0.1, 0.15) is 30.5 Å². The molecule has 0 saturated carbocycles. The fraction of sp³-hybridized carbons (Fsp3) is 0.444. The number of guanidine groups is 1. The van der Waals surface area contributed by atoms with Gasteiger partial charge in [0.2, 0.25) is 0 Å². The Morgan fingerprint density at radius 1 is 1.28 bits per heavy atom. The summed E-state index contributed by atoms with van der Waals surface area (Å²) < 4.78 is 7.51. The summed E-state index contributed by atoms with van der Waals surface area (Å²) in [5.41, 5.74) is 3.40. The first-order chi connectivity index (χ1) is 11.6. The van der Waals surface area contributed by atoms with Gasteiger partial charge >= 0.3 is 0 Å². The molecule has 2 aromatic rings. The van der Waals surface area contributed by atoms with Crippen molar-refractivity contribution in [3.63, 3.8) is 0 Å². The second-order valence-corrected chi connectivity index (χ2v) is 5.62. The van der Waals surface area contributed by atoms with Gasteiger partial charge in [-0.1, -0.05) is 12.1 Å². The molecule has 0 atom stereocenters. The highest BCUT2D eigenvalue weighted by atomic mass is 127. The second kappa shape index (κ2) is 11.0. The molecular weight excluding hydrogens is 429 g/mol. The minimum atomic E-state index is 0. The molecule has 1 aromatic carbocycles. The molecular formula is C18H28IN5O. The molecule has 0 unspecified atom stereocenters. The Morgan fingerprint density at radius 3 is 2.72 bits per heavy atom. The van der Waals surface area contributed by atoms with Gasteiger partial charge in [0.25, 0.3) is 0 Å². The molecule has 2 N–H and O–H groups in total. The number of hydrogen-bond donors (Lipinski definition) is 2. The van der Waals surface area contributed by atoms with E-state index in [0.29, 0.717) is 19.7 Å². The van der Waals surface area contributed by atoms with Gasteiger partial charge in [-0.15, -0.1) is 24.0 Å². The number of aliphatic imine (C=N–C) groups is 1. The molecule has 0 spiro atoms. The highest BCUT2D eigenvalue weighted by Crippen LogP contribution is 2.20. The number of benzene rings is 1. The van der Waals surface area contributed by atoms with Crippen LogP contribution < -0.4 is 15.4 Å². The number of halogens is 1. The van der Waals surface area contributed by atoms with Crippen molar-refractivity contribution in [2.24, 2.45) is 12.0 Å². The summed E-state index contributed by atoms with van der Waals surface area (Å²) in [5, 5.41) is 10.8. The zero-order chi connectivity index (χ0) is 17.4. The molecule has 138 valence electrons. The van der Waals surface area contributed by atoms with E-state index in [-0.39, 0.29) is 24.0 Å². The number of rotatable bonds is 7. The van der Waals surface area contributed by atoms with E-state index in [0.717, 1.165) is 29.4 Å². The fourth-order valence-electron chi connectivity index (χ4n) is 2.34. The summed E-state index contributed by atoms with van der Waals surface area (Å²) in [6.07, 6.45) is 3.81. The van der Waals surface area contributed by atoms with Crippen LogP contribution in [0.3, 0.4) is 0 Å². The van der Waals surface area contributed by atoms with Crippen molar-refractivity contribution >= 4 is 29.9 Å². The van der Waals surface area contributed by atoms with Crippen molar-refractivity contribution in [1.29, 1.82) is 0 Å². The molecule has 0 saturated heterocycles. The van der Waals surface area contributed by atoms with Crippen LogP contribution in [0.15, 0.2) is 35.6 Å². The van der Waals surface area contributed by atoms with E-state index in [1.54, 1.807) is 4.68 Å². The SMILES string of the molecule is CCNC(=NCc1cnn(C)c1)NCc1ccc(C)cc1OCC.I. The third-order valence-electron chi connectivity index (χ3n) is 3.49. The van der Waals surface area contributed by atoms with Gasteiger partial charge in [-0.25, -0.2) is 4.99 Å². The van der Waals surface area contributed by atoms with Gasteiger partial charge in [-0.2, -0.15) is 5.10 Å². The maximum atomic E-state index is 5.73. The molecule has 7 heteroatoms. The van der Waals surface area contributed by atoms with Gasteiger partial charge in [-0.05, 0) is 32.4 Å². The molecule has 0 bridgehead atoms. The van der Waals surface area contributed by atoms with E-state index in [2.05, 4.69) is 52.8 Å². The van der Waals surface area contributed by atoms with Gasteiger partial charge in [-0.3, -0.25) is 4.68 Å². The van der Waals surface area contributed by atoms with Crippen LogP contribution in [-0.4, -0.2) is 28.9 Å². The Labute approximate surface area is 167 Å². The van der Waals surface area contributed by atoms with Crippen molar-refractivity contribution < 1.29 is 4.74 Å². The summed E-state index contributed by atoms with van der Waals surface area (Å²) in [5.74, 6) is 1.71. The highest BCUT2D eigenvalue weighted by Gasteiger charge is 2.05. The molecule has 0 fully saturated rings. The number of hydrogen-bond acceptors (Lipinski definition) is 3. The maximum absolute atomic E-state index is 5.73. The van der Waals surface area contributed by atoms with Crippen LogP contribution in [0.2, 0.25) is 0 Å². The van der Waals surface area contributed by atoms with E-state index < -0.39 is 0 Å². The predicted molar refractivity (Wildman–Crippen MR) is 113 cm³/mol. The molecule has 0 radical (unpaired) electrons. The summed E-state index contributed by atoms with van der Waals surface area (Å²) in [4.78, 5) is 4.61. The average molecular weight is 457 g/mol. The van der Waals surface area contributed by atoms with Crippen LogP contribution in [0.25, 0.3) is 0 Å². The van der Waals surface area contributed by atoms with Crippen LogP contribution in [-0.2, 0) is 20.1 Å². The molecule has 0 aliphatic heterocycles. The molecule has 0 amide bonds. The molecule has 6 nitrogen and oxygen atoms in total. The largest absolute Gasteiger partial charge is 0.494 e. The monoisotopic (exact) mass is 457 g/mol. The van der Waals surface area contributed by atoms with Crippen LogP contribution >= 0.6 is 24.0 Å². The zero-order valence-electron chi connectivity index (χ0n) is 15.4. The van der Waals surface area contributed by atoms with E-state index in [4.69, 9.17) is 4.74 Å². The number of nitrogens with one attached hydrogen (secondary N) is 2. The normalized spacial score (nSPS) is 11.0. The molecule has 1 heterocycles. The molecule has 2 rings (SSSR count). The van der Waals surface area contributed by atoms with Crippen molar-refractivity contribution in [3.8, 4) is 5.75 Å². The Balaban J connectivity index is 0.00000312. The Kier molecular flexibility index (Phi) is 9.33. The zero-order valence-corrected chi connectivity index (χ0v) is 17.7. The van der Waals surface area contributed by atoms with Crippen molar-refractivity contribution in [3.05, 3.63) is 47.3 Å². The smallest absolute Gasteiger partial charge is 0.191 e. The Morgan fingerprint density at radius 2 is 2.08 bits per heavy atom. The average Bonchev–Trinajstić information content (AvgIpc) is 2.97. The molecule has 1 aromatic heterocycles. The van der Waals surface area contributed by atoms with Crippen molar-refractivity contribution in [1.82, 2.24) is 20.4 Å². The first-order valence-corrected chi connectivity index (χ1v) is 8.34. The second-order valence-electron chi connectivity index (χ2n) is 5.62. The maximum Gasteiger partial charge on any atom is 0.191 e. The third kappa shape index (κ3) is 6.93. The first-order valence-electron chi connectivity index (χ1n) is 8.34. The lowest BCUT2D eigenvalue weighted by Gasteiger charge is -2.14. The van der Waals surface area contributed by atoms with Gasteiger partial charge in [0.1, 0.15) is 5.75 Å². The first kappa shape index (κ1) is 21.3. The third-order valence-corrected chi connectivity index (χ3v) is 3.49. The van der Waals surface area contributed by atoms with Gasteiger partial charge < -0.3 is 15.4 Å². The standard InChI is InChI=1S/C18H27N5O.HI/c1-5-19-18(20-10-15-11-22-23(4)13-15)21-12-16-8-7-14(3)9-17(16)24-6-2;/h7-9,11,13H,5-6,10,12H2,1-4H3,(H2,19,20,21);1H. The van der Waals surface area contributed by atoms with Crippen LogP contribution in [0.4, 0.5) is 0 Å².